The van der Waals surface area contributed by atoms with Crippen molar-refractivity contribution in [1.29, 1.82) is 0 Å². The molecule has 0 radical (unpaired) electrons. The summed E-state index contributed by atoms with van der Waals surface area (Å²) in [5, 5.41) is 3.66. The van der Waals surface area contributed by atoms with E-state index in [1.165, 1.54) is 18.4 Å². The molecule has 18 heavy (non-hydrogen) atoms. The van der Waals surface area contributed by atoms with Gasteiger partial charge in [0.15, 0.2) is 0 Å². The molecule has 3 atom stereocenters. The zero-order chi connectivity index (χ0) is 13.1. The summed E-state index contributed by atoms with van der Waals surface area (Å²) in [6.45, 7) is 7.60. The van der Waals surface area contributed by atoms with Gasteiger partial charge >= 0.3 is 0 Å². The Morgan fingerprint density at radius 1 is 1.44 bits per heavy atom. The summed E-state index contributed by atoms with van der Waals surface area (Å²) in [7, 11) is 0. The zero-order valence-corrected chi connectivity index (χ0v) is 11.7. The van der Waals surface area contributed by atoms with Crippen LogP contribution in [0.15, 0.2) is 18.2 Å². The average molecular weight is 249 g/mol. The first-order chi connectivity index (χ1) is 8.61. The van der Waals surface area contributed by atoms with Crippen LogP contribution in [0, 0.1) is 24.6 Å². The molecule has 2 rings (SSSR count). The molecular formula is C16H24FN. The molecule has 100 valence electrons. The molecule has 1 fully saturated rings. The van der Waals surface area contributed by atoms with Gasteiger partial charge in [-0.05, 0) is 67.8 Å². The summed E-state index contributed by atoms with van der Waals surface area (Å²) in [5.74, 6) is 1.52. The van der Waals surface area contributed by atoms with E-state index in [9.17, 15) is 4.39 Å². The maximum Gasteiger partial charge on any atom is 0.123 e. The van der Waals surface area contributed by atoms with Crippen LogP contribution in [0.5, 0.6) is 0 Å². The van der Waals surface area contributed by atoms with E-state index >= 15 is 0 Å². The third-order valence-corrected chi connectivity index (χ3v) is 4.09. The van der Waals surface area contributed by atoms with E-state index in [4.69, 9.17) is 0 Å². The lowest BCUT2D eigenvalue weighted by atomic mass is 9.97. The highest BCUT2D eigenvalue weighted by Gasteiger charge is 2.39. The summed E-state index contributed by atoms with van der Waals surface area (Å²) >= 11 is 0. The van der Waals surface area contributed by atoms with E-state index in [0.717, 1.165) is 30.4 Å². The SMILES string of the molecule is CCCNC(Cc1ccc(F)cc1C)C1CC1C. The molecule has 0 amide bonds. The molecule has 1 saturated carbocycles. The fraction of sp³-hybridized carbons (Fsp3) is 0.625. The smallest absolute Gasteiger partial charge is 0.123 e. The molecule has 1 aliphatic carbocycles. The van der Waals surface area contributed by atoms with Gasteiger partial charge in [0.25, 0.3) is 0 Å². The second kappa shape index (κ2) is 5.83. The largest absolute Gasteiger partial charge is 0.313 e. The normalized spacial score (nSPS) is 24.0. The van der Waals surface area contributed by atoms with Gasteiger partial charge in [0.05, 0.1) is 0 Å². The highest BCUT2D eigenvalue weighted by atomic mass is 19.1. The molecule has 0 saturated heterocycles. The van der Waals surface area contributed by atoms with E-state index in [1.807, 2.05) is 13.0 Å². The summed E-state index contributed by atoms with van der Waals surface area (Å²) in [5.41, 5.74) is 2.36. The molecule has 0 spiro atoms. The molecule has 0 heterocycles. The second-order valence-electron chi connectivity index (χ2n) is 5.71. The number of nitrogens with one attached hydrogen (secondary N) is 1. The van der Waals surface area contributed by atoms with Crippen LogP contribution in [-0.2, 0) is 6.42 Å². The Hall–Kier alpha value is -0.890. The lowest BCUT2D eigenvalue weighted by molar-refractivity contribution is 0.443. The second-order valence-corrected chi connectivity index (χ2v) is 5.71. The van der Waals surface area contributed by atoms with E-state index in [0.29, 0.717) is 6.04 Å². The quantitative estimate of drug-likeness (QED) is 0.810. The third kappa shape index (κ3) is 3.32. The Bertz CT molecular complexity index is 402. The highest BCUT2D eigenvalue weighted by molar-refractivity contribution is 5.27. The van der Waals surface area contributed by atoms with Crippen molar-refractivity contribution in [3.05, 3.63) is 35.1 Å². The molecule has 1 aliphatic rings. The zero-order valence-electron chi connectivity index (χ0n) is 11.7. The predicted octanol–water partition coefficient (Wildman–Crippen LogP) is 3.70. The van der Waals surface area contributed by atoms with Gasteiger partial charge in [0, 0.05) is 6.04 Å². The van der Waals surface area contributed by atoms with Crippen LogP contribution in [0.3, 0.4) is 0 Å². The van der Waals surface area contributed by atoms with Crippen molar-refractivity contribution < 1.29 is 4.39 Å². The first kappa shape index (κ1) is 13.5. The summed E-state index contributed by atoms with van der Waals surface area (Å²) in [6, 6.07) is 5.72. The molecule has 0 aliphatic heterocycles. The average Bonchev–Trinajstić information content (AvgIpc) is 3.04. The number of halogens is 1. The van der Waals surface area contributed by atoms with Crippen LogP contribution in [0.25, 0.3) is 0 Å². The van der Waals surface area contributed by atoms with Crippen molar-refractivity contribution in [3.8, 4) is 0 Å². The van der Waals surface area contributed by atoms with Gasteiger partial charge in [-0.15, -0.1) is 0 Å². The Labute approximate surface area is 110 Å². The number of hydrogen-bond acceptors (Lipinski definition) is 1. The molecule has 1 N–H and O–H groups in total. The number of benzene rings is 1. The Morgan fingerprint density at radius 2 is 2.17 bits per heavy atom. The van der Waals surface area contributed by atoms with Gasteiger partial charge in [0.1, 0.15) is 5.82 Å². The topological polar surface area (TPSA) is 12.0 Å². The minimum Gasteiger partial charge on any atom is -0.313 e. The van der Waals surface area contributed by atoms with Crippen molar-refractivity contribution in [2.24, 2.45) is 11.8 Å². The summed E-state index contributed by atoms with van der Waals surface area (Å²) in [4.78, 5) is 0. The van der Waals surface area contributed by atoms with E-state index in [2.05, 4.69) is 19.2 Å². The molecule has 1 aromatic rings. The van der Waals surface area contributed by atoms with Crippen molar-refractivity contribution in [2.75, 3.05) is 6.54 Å². The third-order valence-electron chi connectivity index (χ3n) is 4.09. The lowest BCUT2D eigenvalue weighted by Gasteiger charge is -2.19. The first-order valence-electron chi connectivity index (χ1n) is 7.10. The number of aryl methyl sites for hydroxylation is 1. The van der Waals surface area contributed by atoms with Crippen LogP contribution in [0.1, 0.15) is 37.8 Å². The van der Waals surface area contributed by atoms with Crippen molar-refractivity contribution in [3.63, 3.8) is 0 Å². The molecule has 0 aromatic heterocycles. The maximum atomic E-state index is 13.1. The molecule has 3 unspecified atom stereocenters. The van der Waals surface area contributed by atoms with Crippen molar-refractivity contribution in [2.45, 2.75) is 46.1 Å². The van der Waals surface area contributed by atoms with E-state index in [-0.39, 0.29) is 5.82 Å². The lowest BCUT2D eigenvalue weighted by Crippen LogP contribution is -2.34. The predicted molar refractivity (Wildman–Crippen MR) is 74.2 cm³/mol. The minimum absolute atomic E-state index is 0.130. The summed E-state index contributed by atoms with van der Waals surface area (Å²) in [6.07, 6.45) is 3.53. The van der Waals surface area contributed by atoms with Gasteiger partial charge in [-0.1, -0.05) is 19.9 Å². The Morgan fingerprint density at radius 3 is 2.72 bits per heavy atom. The minimum atomic E-state index is -0.130. The highest BCUT2D eigenvalue weighted by Crippen LogP contribution is 2.41. The number of hydrogen-bond donors (Lipinski definition) is 1. The fourth-order valence-corrected chi connectivity index (χ4v) is 2.74. The maximum absolute atomic E-state index is 13.1. The van der Waals surface area contributed by atoms with Crippen LogP contribution < -0.4 is 5.32 Å². The van der Waals surface area contributed by atoms with Gasteiger partial charge in [-0.25, -0.2) is 4.39 Å². The van der Waals surface area contributed by atoms with Crippen LogP contribution >= 0.6 is 0 Å². The van der Waals surface area contributed by atoms with Crippen molar-refractivity contribution in [1.82, 2.24) is 5.32 Å². The van der Waals surface area contributed by atoms with E-state index < -0.39 is 0 Å². The van der Waals surface area contributed by atoms with Gasteiger partial charge < -0.3 is 5.32 Å². The monoisotopic (exact) mass is 249 g/mol. The van der Waals surface area contributed by atoms with Gasteiger partial charge in [-0.2, -0.15) is 0 Å². The standard InChI is InChI=1S/C16H24FN/c1-4-7-18-16(15-9-12(15)3)10-13-5-6-14(17)8-11(13)2/h5-6,8,12,15-16,18H,4,7,9-10H2,1-3H3. The Balaban J connectivity index is 2.03. The molecule has 1 nitrogen and oxygen atoms in total. The van der Waals surface area contributed by atoms with Crippen LogP contribution in [-0.4, -0.2) is 12.6 Å². The van der Waals surface area contributed by atoms with Gasteiger partial charge in [-0.3, -0.25) is 0 Å². The number of rotatable bonds is 6. The van der Waals surface area contributed by atoms with Crippen LogP contribution in [0.2, 0.25) is 0 Å². The summed E-state index contributed by atoms with van der Waals surface area (Å²) < 4.78 is 13.1. The van der Waals surface area contributed by atoms with Crippen molar-refractivity contribution >= 4 is 0 Å². The fourth-order valence-electron chi connectivity index (χ4n) is 2.74. The Kier molecular flexibility index (Phi) is 4.39. The van der Waals surface area contributed by atoms with Gasteiger partial charge in [0.2, 0.25) is 0 Å². The first-order valence-corrected chi connectivity index (χ1v) is 7.10. The molecular weight excluding hydrogens is 225 g/mol. The van der Waals surface area contributed by atoms with Crippen LogP contribution in [0.4, 0.5) is 4.39 Å². The molecule has 0 bridgehead atoms. The van der Waals surface area contributed by atoms with E-state index in [1.54, 1.807) is 12.1 Å². The molecule has 1 aromatic carbocycles. The molecule has 2 heteroatoms.